The molecule has 6 heteroatoms. The van der Waals surface area contributed by atoms with Crippen LogP contribution >= 0.6 is 23.1 Å². The standard InChI is InChI=1S/C74H82BN3S2/c1-67(2,3)47-29-34-52(35-30-47)76-59-40-38-55-65(80-74(16,50-27-21-18-22-28-50)73(55,15)49-25-19-17-20-26-49)64(59)75-57-46-62(70(10,11)12)79-66(57)77(53-36-31-48(32-37-53)68(4,5)6)61-45-54(44-60(76)63(61)75)78-58-39-33-51(69(7,8)9)43-56(58)71(13)41-23-24-42-72(71,78)14/h17-22,25-40,43-46H,23-24,41-42H2,1-16H3. The van der Waals surface area contributed by atoms with Crippen molar-refractivity contribution in [3.8, 4) is 0 Å². The van der Waals surface area contributed by atoms with Gasteiger partial charge in [-0.05, 0) is 159 Å². The molecule has 0 saturated heterocycles. The molecule has 13 rings (SSSR count). The van der Waals surface area contributed by atoms with Gasteiger partial charge in [-0.15, -0.1) is 23.1 Å². The van der Waals surface area contributed by atoms with Crippen LogP contribution in [-0.2, 0) is 37.2 Å². The average molecular weight is 1090 g/mol. The smallest absolute Gasteiger partial charge is 0.254 e. The Hall–Kier alpha value is -5.95. The minimum Gasteiger partial charge on any atom is -0.334 e. The summed E-state index contributed by atoms with van der Waals surface area (Å²) in [7, 11) is 0. The fraction of sp³-hybridized carbons (Fsp3) is 0.378. The molecule has 3 nitrogen and oxygen atoms in total. The highest BCUT2D eigenvalue weighted by Crippen LogP contribution is 2.66. The minimum atomic E-state index is -0.363. The second-order valence-electron chi connectivity index (χ2n) is 29.2. The number of hydrogen-bond acceptors (Lipinski definition) is 5. The Labute approximate surface area is 488 Å². The molecule has 0 amide bonds. The van der Waals surface area contributed by atoms with Crippen LogP contribution in [0.3, 0.4) is 0 Å². The van der Waals surface area contributed by atoms with Crippen molar-refractivity contribution in [2.24, 2.45) is 0 Å². The number of thiophene rings is 1. The molecule has 8 aromatic rings. The monoisotopic (exact) mass is 1090 g/mol. The van der Waals surface area contributed by atoms with Crippen LogP contribution in [0.15, 0.2) is 163 Å². The summed E-state index contributed by atoms with van der Waals surface area (Å²) in [6.07, 6.45) is 4.77. The summed E-state index contributed by atoms with van der Waals surface area (Å²) in [5.74, 6) is 0. The Morgan fingerprint density at radius 1 is 0.450 bits per heavy atom. The molecule has 4 unspecified atom stereocenters. The molecule has 7 aromatic carbocycles. The maximum absolute atomic E-state index is 2.84. The van der Waals surface area contributed by atoms with Gasteiger partial charge in [0.2, 0.25) is 0 Å². The van der Waals surface area contributed by atoms with Crippen LogP contribution in [0.4, 0.5) is 44.8 Å². The number of thioether (sulfide) groups is 1. The number of benzene rings is 7. The van der Waals surface area contributed by atoms with Crippen molar-refractivity contribution in [1.82, 2.24) is 0 Å². The molecule has 4 aliphatic heterocycles. The number of hydrogen-bond donors (Lipinski definition) is 0. The SMILES string of the molecule is CC(C)(C)c1ccc(N2c3cc(N4c5ccc(C(C)(C)C)cc5C5(C)CCCCC45C)cc4c3B(c3cc(C(C)(C)C)sc3N4c3ccc(C(C)(C)C)cc3)c3c2ccc2c3SC(C)(c3ccccc3)C2(C)c2ccccc2)cc1. The van der Waals surface area contributed by atoms with Crippen molar-refractivity contribution in [1.29, 1.82) is 0 Å². The predicted octanol–water partition coefficient (Wildman–Crippen LogP) is 19.1. The molecule has 80 heavy (non-hydrogen) atoms. The first-order valence-corrected chi connectivity index (χ1v) is 31.4. The first-order valence-electron chi connectivity index (χ1n) is 29.7. The molecule has 1 fully saturated rings. The Kier molecular flexibility index (Phi) is 11.9. The van der Waals surface area contributed by atoms with Gasteiger partial charge >= 0.3 is 0 Å². The lowest BCUT2D eigenvalue weighted by molar-refractivity contribution is 0.195. The van der Waals surface area contributed by atoms with Crippen molar-refractivity contribution in [2.75, 3.05) is 14.7 Å². The zero-order valence-corrected chi connectivity index (χ0v) is 52.2. The quantitative estimate of drug-likeness (QED) is 0.159. The maximum Gasteiger partial charge on any atom is 0.254 e. The number of rotatable bonds is 5. The summed E-state index contributed by atoms with van der Waals surface area (Å²) in [4.78, 5) is 11.1. The zero-order valence-electron chi connectivity index (χ0n) is 50.6. The highest BCUT2D eigenvalue weighted by Gasteiger charge is 2.60. The fourth-order valence-electron chi connectivity index (χ4n) is 15.0. The van der Waals surface area contributed by atoms with Crippen LogP contribution in [0.1, 0.15) is 180 Å². The van der Waals surface area contributed by atoms with Crippen LogP contribution in [-0.4, -0.2) is 12.3 Å². The molecule has 5 heterocycles. The molecule has 5 aliphatic rings. The van der Waals surface area contributed by atoms with Gasteiger partial charge in [0, 0.05) is 60.4 Å². The lowest BCUT2D eigenvalue weighted by Gasteiger charge is -2.51. The Bertz CT molecular complexity index is 3760. The highest BCUT2D eigenvalue weighted by molar-refractivity contribution is 8.01. The van der Waals surface area contributed by atoms with Gasteiger partial charge in [-0.25, -0.2) is 0 Å². The molecular weight excluding hydrogens is 1010 g/mol. The Morgan fingerprint density at radius 2 is 0.975 bits per heavy atom. The Morgan fingerprint density at radius 3 is 1.55 bits per heavy atom. The van der Waals surface area contributed by atoms with Gasteiger partial charge in [0.05, 0.1) is 15.3 Å². The van der Waals surface area contributed by atoms with E-state index < -0.39 is 0 Å². The molecule has 0 bridgehead atoms. The second-order valence-corrected chi connectivity index (χ2v) is 31.7. The van der Waals surface area contributed by atoms with Crippen molar-refractivity contribution in [3.05, 3.63) is 202 Å². The van der Waals surface area contributed by atoms with E-state index in [2.05, 4.69) is 295 Å². The lowest BCUT2D eigenvalue weighted by atomic mass is 9.33. The van der Waals surface area contributed by atoms with Gasteiger partial charge < -0.3 is 14.7 Å². The number of nitrogens with zero attached hydrogens (tertiary/aromatic N) is 3. The van der Waals surface area contributed by atoms with E-state index >= 15 is 0 Å². The molecule has 1 aromatic heterocycles. The summed E-state index contributed by atoms with van der Waals surface area (Å²) in [5.41, 5.74) is 22.2. The van der Waals surface area contributed by atoms with Crippen molar-refractivity contribution >= 4 is 91.0 Å². The van der Waals surface area contributed by atoms with E-state index in [1.165, 1.54) is 129 Å². The van der Waals surface area contributed by atoms with Gasteiger partial charge in [0.1, 0.15) is 0 Å². The third-order valence-corrected chi connectivity index (χ3v) is 23.5. The third kappa shape index (κ3) is 7.65. The van der Waals surface area contributed by atoms with E-state index in [-0.39, 0.29) is 49.5 Å². The normalized spacial score (nSPS) is 23.1. The maximum atomic E-state index is 2.84. The summed E-state index contributed by atoms with van der Waals surface area (Å²) >= 11 is 4.12. The van der Waals surface area contributed by atoms with Crippen LogP contribution in [0.2, 0.25) is 0 Å². The third-order valence-electron chi connectivity index (χ3n) is 20.3. The van der Waals surface area contributed by atoms with E-state index in [1.54, 1.807) is 0 Å². The van der Waals surface area contributed by atoms with Gasteiger partial charge in [-0.3, -0.25) is 0 Å². The second kappa shape index (κ2) is 17.8. The van der Waals surface area contributed by atoms with Gasteiger partial charge in [0.15, 0.2) is 0 Å². The van der Waals surface area contributed by atoms with Crippen LogP contribution in [0, 0.1) is 0 Å². The van der Waals surface area contributed by atoms with Crippen molar-refractivity contribution in [3.63, 3.8) is 0 Å². The van der Waals surface area contributed by atoms with Crippen LogP contribution < -0.4 is 31.1 Å². The van der Waals surface area contributed by atoms with Gasteiger partial charge in [-0.1, -0.05) is 212 Å². The van der Waals surface area contributed by atoms with Crippen LogP contribution in [0.5, 0.6) is 0 Å². The van der Waals surface area contributed by atoms with E-state index in [1.807, 2.05) is 11.3 Å². The highest BCUT2D eigenvalue weighted by atomic mass is 32.2. The van der Waals surface area contributed by atoms with E-state index in [4.69, 9.17) is 0 Å². The molecule has 1 saturated carbocycles. The average Bonchev–Trinajstić information content (AvgIpc) is 4.15. The van der Waals surface area contributed by atoms with Gasteiger partial charge in [-0.2, -0.15) is 0 Å². The number of anilines is 8. The summed E-state index contributed by atoms with van der Waals surface area (Å²) in [6, 6.07) is 62.6. The molecule has 0 N–H and O–H groups in total. The molecule has 408 valence electrons. The molecular formula is C74H82BN3S2. The summed E-state index contributed by atoms with van der Waals surface area (Å²) in [6.45, 7) is 38.6. The first kappa shape index (κ1) is 53.4. The summed E-state index contributed by atoms with van der Waals surface area (Å²) < 4.78 is -0.332. The fourth-order valence-corrected chi connectivity index (χ4v) is 18.1. The molecule has 1 aliphatic carbocycles. The zero-order chi connectivity index (χ0) is 56.5. The Balaban J connectivity index is 1.17. The largest absolute Gasteiger partial charge is 0.334 e. The van der Waals surface area contributed by atoms with E-state index in [9.17, 15) is 0 Å². The van der Waals surface area contributed by atoms with E-state index in [0.717, 1.165) is 6.42 Å². The van der Waals surface area contributed by atoms with E-state index in [0.29, 0.717) is 0 Å². The summed E-state index contributed by atoms with van der Waals surface area (Å²) in [5, 5.41) is 1.33. The van der Waals surface area contributed by atoms with Crippen molar-refractivity contribution < 1.29 is 0 Å². The van der Waals surface area contributed by atoms with Crippen LogP contribution in [0.25, 0.3) is 0 Å². The predicted molar refractivity (Wildman–Crippen MR) is 348 cm³/mol. The first-order chi connectivity index (χ1) is 37.7. The molecule has 0 radical (unpaired) electrons. The minimum absolute atomic E-state index is 0.00497. The van der Waals surface area contributed by atoms with Gasteiger partial charge in [0.25, 0.3) is 6.71 Å². The molecule has 0 spiro atoms. The lowest BCUT2D eigenvalue weighted by Crippen LogP contribution is -2.61. The molecule has 4 atom stereocenters. The topological polar surface area (TPSA) is 9.72 Å². The van der Waals surface area contributed by atoms with Crippen molar-refractivity contribution in [2.45, 2.75) is 184 Å². The number of fused-ring (bicyclic) bond motifs is 9.